The third kappa shape index (κ3) is 6.52. The number of hydrogen-bond acceptors (Lipinski definition) is 6. The van der Waals surface area contributed by atoms with Crippen LogP contribution in [0.1, 0.15) is 38.8 Å². The Morgan fingerprint density at radius 1 is 1.14 bits per heavy atom. The molecule has 1 aromatic heterocycles. The van der Waals surface area contributed by atoms with Crippen molar-refractivity contribution in [2.75, 3.05) is 11.9 Å². The molecule has 3 rings (SSSR count). The van der Waals surface area contributed by atoms with Gasteiger partial charge in [0.25, 0.3) is 5.91 Å². The first-order chi connectivity index (χ1) is 17.0. The highest BCUT2D eigenvalue weighted by atomic mass is 35.5. The monoisotopic (exact) mass is 535 g/mol. The second kappa shape index (κ2) is 11.4. The summed E-state index contributed by atoms with van der Waals surface area (Å²) < 4.78 is 44.3. The summed E-state index contributed by atoms with van der Waals surface area (Å²) in [6, 6.07) is 12.1. The number of hydrogen-bond donors (Lipinski definition) is 2. The number of allylic oxidation sites excluding steroid dienone is 2. The number of thiophene rings is 1. The Labute approximate surface area is 214 Å². The number of anilines is 1. The van der Waals surface area contributed by atoms with Crippen LogP contribution in [0.25, 0.3) is 0 Å². The number of nitrogens with two attached hydrogens (primary N) is 1. The van der Waals surface area contributed by atoms with Gasteiger partial charge in [0.2, 0.25) is 0 Å². The predicted octanol–water partition coefficient (Wildman–Crippen LogP) is 6.66. The zero-order valence-corrected chi connectivity index (χ0v) is 20.7. The molecule has 188 valence electrons. The molecule has 2 aromatic carbocycles. The topological polar surface area (TPSA) is 93.8 Å². The van der Waals surface area contributed by atoms with E-state index in [-0.39, 0.29) is 39.7 Å². The molecule has 0 saturated heterocycles. The summed E-state index contributed by atoms with van der Waals surface area (Å²) in [5.74, 6) is -1.06. The smallest absolute Gasteiger partial charge is 0.430 e. The average molecular weight is 536 g/mol. The van der Waals surface area contributed by atoms with Gasteiger partial charge >= 0.3 is 12.1 Å². The number of carbonyl (C=O) groups excluding carboxylic acids is 2. The first kappa shape index (κ1) is 27.0. The lowest BCUT2D eigenvalue weighted by Crippen LogP contribution is -2.21. The Hall–Kier alpha value is -3.63. The molecule has 3 N–H and O–H groups in total. The molecule has 0 fully saturated rings. The Morgan fingerprint density at radius 2 is 1.78 bits per heavy atom. The van der Waals surface area contributed by atoms with Crippen LogP contribution in [0.2, 0.25) is 5.02 Å². The molecule has 6 nitrogen and oxygen atoms in total. The molecular formula is C25H21ClF3N3O3S. The second-order valence-corrected chi connectivity index (χ2v) is 8.71. The van der Waals surface area contributed by atoms with E-state index in [0.29, 0.717) is 16.6 Å². The van der Waals surface area contributed by atoms with Crippen LogP contribution in [-0.2, 0) is 4.74 Å². The van der Waals surface area contributed by atoms with E-state index in [1.54, 1.807) is 43.5 Å². The summed E-state index contributed by atoms with van der Waals surface area (Å²) in [6.45, 7) is 3.60. The molecule has 0 bridgehead atoms. The summed E-state index contributed by atoms with van der Waals surface area (Å²) in [5, 5.41) is 4.99. The standard InChI is InChI=1S/C25H21ClF3N3O3S/c1-3-35-24(34)21-14(2)13-36-23(21)32-22(33)16-10-8-15(9-11-16)19(12-20(30)25(27,28)29)31-18-7-5-4-6-17(18)26/h4-13H,3,30H2,1-2H3,(H,32,33). The zero-order valence-electron chi connectivity index (χ0n) is 19.2. The molecule has 0 spiro atoms. The SMILES string of the molecule is CCOC(=O)c1c(C)csc1NC(=O)c1ccc(C(C=C(N)C(F)(F)F)=Nc2ccccc2Cl)cc1. The number of amides is 1. The lowest BCUT2D eigenvalue weighted by atomic mass is 10.1. The van der Waals surface area contributed by atoms with E-state index in [1.165, 1.54) is 35.6 Å². The number of nitrogens with zero attached hydrogens (tertiary/aromatic N) is 1. The summed E-state index contributed by atoms with van der Waals surface area (Å²) in [4.78, 5) is 29.3. The molecule has 1 heterocycles. The molecule has 0 unspecified atom stereocenters. The van der Waals surface area contributed by atoms with Crippen LogP contribution in [0, 0.1) is 6.92 Å². The molecular weight excluding hydrogens is 515 g/mol. The van der Waals surface area contributed by atoms with Gasteiger partial charge in [-0.05, 0) is 55.1 Å². The van der Waals surface area contributed by atoms with Crippen LogP contribution in [0.15, 0.2) is 70.7 Å². The highest BCUT2D eigenvalue weighted by Gasteiger charge is 2.32. The van der Waals surface area contributed by atoms with Crippen LogP contribution in [0.4, 0.5) is 23.9 Å². The molecule has 36 heavy (non-hydrogen) atoms. The van der Waals surface area contributed by atoms with Gasteiger partial charge in [-0.1, -0.05) is 35.9 Å². The number of aryl methyl sites for hydroxylation is 1. The highest BCUT2D eigenvalue weighted by Crippen LogP contribution is 2.30. The van der Waals surface area contributed by atoms with E-state index in [2.05, 4.69) is 10.3 Å². The Balaban J connectivity index is 1.92. The van der Waals surface area contributed by atoms with Gasteiger partial charge in [0.05, 0.1) is 28.6 Å². The number of para-hydroxylation sites is 1. The number of ether oxygens (including phenoxy) is 1. The van der Waals surface area contributed by atoms with Crippen LogP contribution in [0.3, 0.4) is 0 Å². The molecule has 0 atom stereocenters. The van der Waals surface area contributed by atoms with Gasteiger partial charge in [-0.15, -0.1) is 11.3 Å². The van der Waals surface area contributed by atoms with Crippen molar-refractivity contribution in [2.24, 2.45) is 10.7 Å². The van der Waals surface area contributed by atoms with Gasteiger partial charge in [-0.2, -0.15) is 13.2 Å². The number of nitrogens with one attached hydrogen (secondary N) is 1. The summed E-state index contributed by atoms with van der Waals surface area (Å²) in [7, 11) is 0. The minimum atomic E-state index is -4.75. The maximum absolute atomic E-state index is 13.1. The number of halogens is 4. The minimum Gasteiger partial charge on any atom is -0.462 e. The highest BCUT2D eigenvalue weighted by molar-refractivity contribution is 7.15. The van der Waals surface area contributed by atoms with Crippen molar-refractivity contribution >= 4 is 51.2 Å². The summed E-state index contributed by atoms with van der Waals surface area (Å²) >= 11 is 7.30. The average Bonchev–Trinajstić information content (AvgIpc) is 3.19. The number of rotatable bonds is 7. The lowest BCUT2D eigenvalue weighted by molar-refractivity contribution is -0.0925. The largest absolute Gasteiger partial charge is 0.462 e. The molecule has 1 amide bonds. The van der Waals surface area contributed by atoms with Crippen molar-refractivity contribution < 1.29 is 27.5 Å². The molecule has 0 aliphatic rings. The van der Waals surface area contributed by atoms with Crippen LogP contribution >= 0.6 is 22.9 Å². The third-order valence-electron chi connectivity index (χ3n) is 4.84. The first-order valence-electron chi connectivity index (χ1n) is 10.6. The van der Waals surface area contributed by atoms with Crippen molar-refractivity contribution in [3.8, 4) is 0 Å². The van der Waals surface area contributed by atoms with Crippen molar-refractivity contribution in [1.82, 2.24) is 0 Å². The number of aliphatic imine (C=N–C) groups is 1. The summed E-state index contributed by atoms with van der Waals surface area (Å²) in [6.07, 6.45) is -4.05. The van der Waals surface area contributed by atoms with Crippen molar-refractivity contribution in [1.29, 1.82) is 0 Å². The number of carbonyl (C=O) groups is 2. The quantitative estimate of drug-likeness (QED) is 0.261. The maximum Gasteiger partial charge on any atom is 0.430 e. The fraction of sp³-hybridized carbons (Fsp3) is 0.160. The Bertz CT molecular complexity index is 1330. The molecule has 3 aromatic rings. The molecule has 0 saturated carbocycles. The molecule has 0 aliphatic heterocycles. The van der Waals surface area contributed by atoms with Gasteiger partial charge < -0.3 is 15.8 Å². The second-order valence-electron chi connectivity index (χ2n) is 7.42. The first-order valence-corrected chi connectivity index (χ1v) is 11.8. The number of benzene rings is 2. The Kier molecular flexibility index (Phi) is 8.54. The van der Waals surface area contributed by atoms with Crippen molar-refractivity contribution in [2.45, 2.75) is 20.0 Å². The lowest BCUT2D eigenvalue weighted by Gasteiger charge is -2.10. The number of alkyl halides is 3. The molecule has 0 aliphatic carbocycles. The van der Waals surface area contributed by atoms with E-state index >= 15 is 0 Å². The molecule has 0 radical (unpaired) electrons. The Morgan fingerprint density at radius 3 is 2.39 bits per heavy atom. The summed E-state index contributed by atoms with van der Waals surface area (Å²) in [5.41, 5.74) is 5.47. The van der Waals surface area contributed by atoms with E-state index in [0.717, 1.165) is 0 Å². The van der Waals surface area contributed by atoms with E-state index in [1.807, 2.05) is 0 Å². The van der Waals surface area contributed by atoms with Crippen LogP contribution in [0.5, 0.6) is 0 Å². The minimum absolute atomic E-state index is 0.0941. The van der Waals surface area contributed by atoms with E-state index in [9.17, 15) is 22.8 Å². The predicted molar refractivity (Wildman–Crippen MR) is 135 cm³/mol. The van der Waals surface area contributed by atoms with Crippen LogP contribution in [-0.4, -0.2) is 30.4 Å². The molecule has 11 heteroatoms. The third-order valence-corrected chi connectivity index (χ3v) is 6.17. The normalized spacial score (nSPS) is 12.4. The maximum atomic E-state index is 13.1. The van der Waals surface area contributed by atoms with Crippen molar-refractivity contribution in [3.63, 3.8) is 0 Å². The van der Waals surface area contributed by atoms with Crippen molar-refractivity contribution in [3.05, 3.63) is 93.0 Å². The van der Waals surface area contributed by atoms with Gasteiger partial charge in [-0.3, -0.25) is 4.79 Å². The van der Waals surface area contributed by atoms with Gasteiger partial charge in [0.1, 0.15) is 10.7 Å². The fourth-order valence-electron chi connectivity index (χ4n) is 3.04. The van der Waals surface area contributed by atoms with Crippen LogP contribution < -0.4 is 11.1 Å². The fourth-order valence-corrected chi connectivity index (χ4v) is 4.15. The van der Waals surface area contributed by atoms with E-state index < -0.39 is 23.7 Å². The number of esters is 1. The van der Waals surface area contributed by atoms with Gasteiger partial charge in [0, 0.05) is 11.1 Å². The van der Waals surface area contributed by atoms with Gasteiger partial charge in [-0.25, -0.2) is 9.79 Å². The van der Waals surface area contributed by atoms with Gasteiger partial charge in [0.15, 0.2) is 0 Å². The zero-order chi connectivity index (χ0) is 26.5. The van der Waals surface area contributed by atoms with E-state index in [4.69, 9.17) is 22.1 Å².